The normalized spacial score (nSPS) is 21.7. The van der Waals surface area contributed by atoms with Gasteiger partial charge in [-0.3, -0.25) is 0 Å². The van der Waals surface area contributed by atoms with Gasteiger partial charge in [0.15, 0.2) is 0 Å². The minimum atomic E-state index is 0.391. The van der Waals surface area contributed by atoms with E-state index in [-0.39, 0.29) is 0 Å². The SMILES string of the molecule is C[C@H]1COCCN1c1ccc(N)c(N)c1. The Labute approximate surface area is 89.8 Å². The molecule has 0 bridgehead atoms. The molecular formula is C11H17N3O. The molecule has 1 aliphatic heterocycles. The summed E-state index contributed by atoms with van der Waals surface area (Å²) in [6.07, 6.45) is 0. The van der Waals surface area contributed by atoms with E-state index in [4.69, 9.17) is 16.2 Å². The lowest BCUT2D eigenvalue weighted by molar-refractivity contribution is 0.0989. The Morgan fingerprint density at radius 3 is 2.80 bits per heavy atom. The van der Waals surface area contributed by atoms with Gasteiger partial charge in [0.25, 0.3) is 0 Å². The van der Waals surface area contributed by atoms with Crippen LogP contribution in [0.15, 0.2) is 18.2 Å². The van der Waals surface area contributed by atoms with Crippen molar-refractivity contribution in [2.45, 2.75) is 13.0 Å². The second-order valence-electron chi connectivity index (χ2n) is 3.93. The summed E-state index contributed by atoms with van der Waals surface area (Å²) in [5, 5.41) is 0. The molecule has 0 unspecified atom stereocenters. The summed E-state index contributed by atoms with van der Waals surface area (Å²) in [5.74, 6) is 0. The average Bonchev–Trinajstić information content (AvgIpc) is 2.23. The molecule has 0 aromatic heterocycles. The monoisotopic (exact) mass is 207 g/mol. The number of benzene rings is 1. The van der Waals surface area contributed by atoms with Crippen molar-refractivity contribution < 1.29 is 4.74 Å². The van der Waals surface area contributed by atoms with Crippen LogP contribution in [-0.4, -0.2) is 25.8 Å². The maximum absolute atomic E-state index is 5.79. The highest BCUT2D eigenvalue weighted by molar-refractivity contribution is 5.70. The van der Waals surface area contributed by atoms with Gasteiger partial charge < -0.3 is 21.1 Å². The molecule has 4 N–H and O–H groups in total. The number of ether oxygens (including phenoxy) is 1. The first kappa shape index (κ1) is 10.1. The Bertz CT molecular complexity index is 354. The van der Waals surface area contributed by atoms with Crippen LogP contribution in [0, 0.1) is 0 Å². The summed E-state index contributed by atoms with van der Waals surface area (Å²) in [6.45, 7) is 4.59. The number of nitrogens with zero attached hydrogens (tertiary/aromatic N) is 1. The Balaban J connectivity index is 2.24. The molecule has 4 heteroatoms. The van der Waals surface area contributed by atoms with Gasteiger partial charge in [-0.25, -0.2) is 0 Å². The smallest absolute Gasteiger partial charge is 0.0668 e. The number of rotatable bonds is 1. The second-order valence-corrected chi connectivity index (χ2v) is 3.93. The van der Waals surface area contributed by atoms with Crippen molar-refractivity contribution in [3.05, 3.63) is 18.2 Å². The summed E-state index contributed by atoms with van der Waals surface area (Å²) < 4.78 is 5.39. The summed E-state index contributed by atoms with van der Waals surface area (Å²) in [6, 6.07) is 6.18. The fourth-order valence-electron chi connectivity index (χ4n) is 1.85. The van der Waals surface area contributed by atoms with Crippen molar-refractivity contribution >= 4 is 17.1 Å². The summed E-state index contributed by atoms with van der Waals surface area (Å²) >= 11 is 0. The minimum absolute atomic E-state index is 0.391. The predicted octanol–water partition coefficient (Wildman–Crippen LogP) is 1.08. The van der Waals surface area contributed by atoms with Crippen LogP contribution in [0.25, 0.3) is 0 Å². The van der Waals surface area contributed by atoms with Crippen LogP contribution in [0.1, 0.15) is 6.92 Å². The maximum atomic E-state index is 5.79. The van der Waals surface area contributed by atoms with Crippen LogP contribution in [0.4, 0.5) is 17.1 Å². The third kappa shape index (κ3) is 1.99. The van der Waals surface area contributed by atoms with Gasteiger partial charge in [0.1, 0.15) is 0 Å². The zero-order chi connectivity index (χ0) is 10.8. The van der Waals surface area contributed by atoms with Crippen molar-refractivity contribution in [3.63, 3.8) is 0 Å². The number of hydrogen-bond donors (Lipinski definition) is 2. The lowest BCUT2D eigenvalue weighted by Crippen LogP contribution is -2.43. The van der Waals surface area contributed by atoms with Gasteiger partial charge in [-0.2, -0.15) is 0 Å². The molecule has 0 spiro atoms. The third-order valence-electron chi connectivity index (χ3n) is 2.77. The third-order valence-corrected chi connectivity index (χ3v) is 2.77. The Hall–Kier alpha value is -1.42. The fourth-order valence-corrected chi connectivity index (χ4v) is 1.85. The number of hydrogen-bond acceptors (Lipinski definition) is 4. The van der Waals surface area contributed by atoms with Crippen molar-refractivity contribution in [1.29, 1.82) is 0 Å². The van der Waals surface area contributed by atoms with Crippen molar-refractivity contribution in [2.24, 2.45) is 0 Å². The molecule has 0 aliphatic carbocycles. The Kier molecular flexibility index (Phi) is 2.68. The van der Waals surface area contributed by atoms with E-state index in [1.165, 1.54) is 0 Å². The van der Waals surface area contributed by atoms with E-state index < -0.39 is 0 Å². The van der Waals surface area contributed by atoms with Gasteiger partial charge in [0.05, 0.1) is 24.6 Å². The molecule has 1 aromatic rings. The van der Waals surface area contributed by atoms with Gasteiger partial charge in [-0.05, 0) is 25.1 Å². The molecule has 0 saturated carbocycles. The first-order chi connectivity index (χ1) is 7.18. The molecule has 4 nitrogen and oxygen atoms in total. The zero-order valence-corrected chi connectivity index (χ0v) is 8.94. The lowest BCUT2D eigenvalue weighted by atomic mass is 10.2. The van der Waals surface area contributed by atoms with E-state index in [9.17, 15) is 0 Å². The van der Waals surface area contributed by atoms with E-state index in [0.29, 0.717) is 17.4 Å². The molecule has 2 rings (SSSR count). The number of nitrogens with two attached hydrogens (primary N) is 2. The first-order valence-electron chi connectivity index (χ1n) is 5.18. The highest BCUT2D eigenvalue weighted by atomic mass is 16.5. The topological polar surface area (TPSA) is 64.5 Å². The van der Waals surface area contributed by atoms with Gasteiger partial charge in [-0.15, -0.1) is 0 Å². The minimum Gasteiger partial charge on any atom is -0.397 e. The molecule has 1 heterocycles. The van der Waals surface area contributed by atoms with Gasteiger partial charge in [0.2, 0.25) is 0 Å². The van der Waals surface area contributed by atoms with Crippen LogP contribution in [0.2, 0.25) is 0 Å². The average molecular weight is 207 g/mol. The second kappa shape index (κ2) is 3.98. The van der Waals surface area contributed by atoms with E-state index in [0.717, 1.165) is 25.4 Å². The molecule has 1 saturated heterocycles. The molecular weight excluding hydrogens is 190 g/mol. The molecule has 1 aromatic carbocycles. The Morgan fingerprint density at radius 1 is 1.33 bits per heavy atom. The highest BCUT2D eigenvalue weighted by Crippen LogP contribution is 2.25. The molecule has 1 fully saturated rings. The quantitative estimate of drug-likeness (QED) is 0.676. The van der Waals surface area contributed by atoms with Gasteiger partial charge in [-0.1, -0.05) is 0 Å². The molecule has 1 atom stereocenters. The van der Waals surface area contributed by atoms with Crippen LogP contribution in [0.3, 0.4) is 0 Å². The zero-order valence-electron chi connectivity index (χ0n) is 8.94. The molecule has 1 aliphatic rings. The van der Waals surface area contributed by atoms with Crippen LogP contribution in [0.5, 0.6) is 0 Å². The maximum Gasteiger partial charge on any atom is 0.0668 e. The van der Waals surface area contributed by atoms with E-state index in [2.05, 4.69) is 11.8 Å². The number of nitrogen functional groups attached to an aromatic ring is 2. The molecule has 82 valence electrons. The van der Waals surface area contributed by atoms with E-state index in [1.54, 1.807) is 0 Å². The van der Waals surface area contributed by atoms with Crippen LogP contribution < -0.4 is 16.4 Å². The van der Waals surface area contributed by atoms with Crippen molar-refractivity contribution in [1.82, 2.24) is 0 Å². The molecule has 15 heavy (non-hydrogen) atoms. The fraction of sp³-hybridized carbons (Fsp3) is 0.455. The van der Waals surface area contributed by atoms with Crippen LogP contribution >= 0.6 is 0 Å². The summed E-state index contributed by atoms with van der Waals surface area (Å²) in [5.41, 5.74) is 13.9. The Morgan fingerprint density at radius 2 is 2.13 bits per heavy atom. The predicted molar refractivity (Wildman–Crippen MR) is 62.9 cm³/mol. The number of morpholine rings is 1. The van der Waals surface area contributed by atoms with Crippen molar-refractivity contribution in [3.8, 4) is 0 Å². The molecule has 0 radical (unpaired) electrons. The van der Waals surface area contributed by atoms with Crippen molar-refractivity contribution in [2.75, 3.05) is 36.1 Å². The van der Waals surface area contributed by atoms with E-state index in [1.807, 2.05) is 18.2 Å². The highest BCUT2D eigenvalue weighted by Gasteiger charge is 2.19. The van der Waals surface area contributed by atoms with Gasteiger partial charge in [0, 0.05) is 18.3 Å². The van der Waals surface area contributed by atoms with E-state index >= 15 is 0 Å². The summed E-state index contributed by atoms with van der Waals surface area (Å²) in [4.78, 5) is 2.29. The summed E-state index contributed by atoms with van der Waals surface area (Å²) in [7, 11) is 0. The lowest BCUT2D eigenvalue weighted by Gasteiger charge is -2.35. The first-order valence-corrected chi connectivity index (χ1v) is 5.18. The standard InChI is InChI=1S/C11H17N3O/c1-8-7-15-5-4-14(8)9-2-3-10(12)11(13)6-9/h2-3,6,8H,4-5,7,12-13H2,1H3/t8-/m0/s1. The van der Waals surface area contributed by atoms with Crippen LogP contribution in [-0.2, 0) is 4.74 Å². The number of anilines is 3. The van der Waals surface area contributed by atoms with Gasteiger partial charge >= 0.3 is 0 Å². The largest absolute Gasteiger partial charge is 0.397 e. The molecule has 0 amide bonds.